The van der Waals surface area contributed by atoms with E-state index in [-0.39, 0.29) is 94.4 Å². The van der Waals surface area contributed by atoms with Gasteiger partial charge in [-0.2, -0.15) is 9.97 Å². The van der Waals surface area contributed by atoms with Crippen LogP contribution in [-0.2, 0) is 0 Å². The molecule has 5 aliphatic rings. The van der Waals surface area contributed by atoms with Crippen LogP contribution in [-0.4, -0.2) is 94.8 Å². The monoisotopic (exact) mass is 674 g/mol. The lowest BCUT2D eigenvalue weighted by Gasteiger charge is -2.34. The Balaban J connectivity index is 1.15. The van der Waals surface area contributed by atoms with Crippen molar-refractivity contribution in [3.8, 4) is 41.2 Å². The molecule has 3 aliphatic heterocycles. The van der Waals surface area contributed by atoms with Crippen LogP contribution < -0.4 is 19.7 Å². The molecule has 0 radical (unpaired) electrons. The van der Waals surface area contributed by atoms with Crippen molar-refractivity contribution < 1.29 is 32.1 Å². The molecule has 9 rings (SSSR count). The van der Waals surface area contributed by atoms with Crippen LogP contribution in [0, 0.1) is 29.4 Å². The number of aromatic nitrogens is 3. The van der Waals surface area contributed by atoms with E-state index in [1.807, 2.05) is 4.90 Å². The second-order valence-electron chi connectivity index (χ2n) is 14.6. The number of piperidine rings is 1. The maximum atomic E-state index is 17.0. The number of nitrogens with one attached hydrogen (secondary N) is 1. The van der Waals surface area contributed by atoms with Gasteiger partial charge in [-0.1, -0.05) is 12.0 Å². The highest BCUT2D eigenvalue weighted by molar-refractivity contribution is 6.04. The van der Waals surface area contributed by atoms with Crippen molar-refractivity contribution in [2.45, 2.75) is 55.5 Å². The number of alkyl halides is 2. The Bertz CT molecular complexity index is 2080. The summed E-state index contributed by atoms with van der Waals surface area (Å²) < 4.78 is 73.3. The zero-order valence-electron chi connectivity index (χ0n) is 26.8. The number of hydrogen-bond donors (Lipinski definition) is 2. The fraction of sp³-hybridized carbons (Fsp3) is 0.472. The number of anilines is 1. The molecule has 2 aromatic heterocycles. The van der Waals surface area contributed by atoms with Crippen LogP contribution in [0.1, 0.15) is 37.7 Å². The normalized spacial score (nSPS) is 28.1. The smallest absolute Gasteiger partial charge is 0.319 e. The molecule has 5 fully saturated rings. The minimum absolute atomic E-state index is 0.0370. The largest absolute Gasteiger partial charge is 0.508 e. The standard InChI is InChI=1S/C36H34F4N6O3/c1-3-23-25(37)7-4-19-10-22(47)11-24(26(19)23)29-28(38)30-27(32(42-29)48-2)31(46-12-20-5-6-21(13-46)41-20)44-33(43-30)49-18-34(8-9-34)15-45-16-35(39)14-36(35,40)17-45/h1,4,7,10-11,20-21,41,47H,5-6,8-9,12-18H2,2H3. The first-order chi connectivity index (χ1) is 23.5. The van der Waals surface area contributed by atoms with Gasteiger partial charge in [0, 0.05) is 67.6 Å². The summed E-state index contributed by atoms with van der Waals surface area (Å²) in [6.07, 6.45) is 9.30. The number of nitrogens with zero attached hydrogens (tertiary/aromatic N) is 5. The molecule has 2 bridgehead atoms. The molecule has 2 aromatic carbocycles. The van der Waals surface area contributed by atoms with Crippen molar-refractivity contribution >= 4 is 27.5 Å². The highest BCUT2D eigenvalue weighted by Crippen LogP contribution is 2.60. The van der Waals surface area contributed by atoms with Crippen LogP contribution in [0.15, 0.2) is 24.3 Å². The maximum absolute atomic E-state index is 17.0. The SMILES string of the molecule is C#Cc1c(F)ccc2cc(O)cc(-c3nc(OC)c4c(N5CC6CCC(C5)N6)nc(OCC5(CN6CC7(F)CC7(F)C6)CC5)nc4c3F)c12. The molecule has 5 heterocycles. The summed E-state index contributed by atoms with van der Waals surface area (Å²) in [4.78, 5) is 17.8. The number of aromatic hydroxyl groups is 1. The van der Waals surface area contributed by atoms with Crippen LogP contribution in [0.2, 0.25) is 0 Å². The predicted octanol–water partition coefficient (Wildman–Crippen LogP) is 5.05. The van der Waals surface area contributed by atoms with Gasteiger partial charge < -0.3 is 24.8 Å². The third-order valence-electron chi connectivity index (χ3n) is 11.1. The number of benzene rings is 2. The quantitative estimate of drug-likeness (QED) is 0.197. The minimum atomic E-state index is -1.75. The molecule has 4 atom stereocenters. The molecule has 2 aliphatic carbocycles. The third kappa shape index (κ3) is 4.86. The summed E-state index contributed by atoms with van der Waals surface area (Å²) in [6.45, 7) is 2.06. The van der Waals surface area contributed by atoms with E-state index in [9.17, 15) is 18.3 Å². The van der Waals surface area contributed by atoms with E-state index in [4.69, 9.17) is 20.9 Å². The molecule has 2 N–H and O–H groups in total. The summed E-state index contributed by atoms with van der Waals surface area (Å²) >= 11 is 0. The number of likely N-dealkylation sites (tertiary alicyclic amines) is 1. The van der Waals surface area contributed by atoms with Crippen LogP contribution in [0.25, 0.3) is 32.9 Å². The van der Waals surface area contributed by atoms with Crippen molar-refractivity contribution in [3.63, 3.8) is 0 Å². The Morgan fingerprint density at radius 3 is 2.45 bits per heavy atom. The van der Waals surface area contributed by atoms with Crippen LogP contribution >= 0.6 is 0 Å². The van der Waals surface area contributed by atoms with Gasteiger partial charge in [-0.15, -0.1) is 6.42 Å². The average molecular weight is 675 g/mol. The predicted molar refractivity (Wildman–Crippen MR) is 174 cm³/mol. The summed E-state index contributed by atoms with van der Waals surface area (Å²) in [7, 11) is 1.41. The second-order valence-corrected chi connectivity index (χ2v) is 14.6. The van der Waals surface area contributed by atoms with Crippen molar-refractivity contribution in [2.24, 2.45) is 5.41 Å². The second kappa shape index (κ2) is 10.5. The number of phenols is 1. The minimum Gasteiger partial charge on any atom is -0.508 e. The zero-order valence-corrected chi connectivity index (χ0v) is 26.8. The first-order valence-electron chi connectivity index (χ1n) is 16.6. The van der Waals surface area contributed by atoms with Crippen molar-refractivity contribution in [1.82, 2.24) is 25.2 Å². The molecular formula is C36H34F4N6O3. The fourth-order valence-corrected chi connectivity index (χ4v) is 8.33. The van der Waals surface area contributed by atoms with E-state index in [2.05, 4.69) is 26.1 Å². The molecule has 4 aromatic rings. The number of phenolic OH excluding ortho intramolecular Hbond substituents is 1. The molecule has 9 nitrogen and oxygen atoms in total. The average Bonchev–Trinajstić information content (AvgIpc) is 3.88. The van der Waals surface area contributed by atoms with Gasteiger partial charge in [0.1, 0.15) is 34.0 Å². The van der Waals surface area contributed by atoms with Gasteiger partial charge in [0.25, 0.3) is 0 Å². The number of fused-ring (bicyclic) bond motifs is 5. The Kier molecular flexibility index (Phi) is 6.59. The first kappa shape index (κ1) is 30.6. The number of halogens is 4. The van der Waals surface area contributed by atoms with E-state index in [0.29, 0.717) is 30.8 Å². The van der Waals surface area contributed by atoms with Crippen LogP contribution in [0.5, 0.6) is 17.6 Å². The van der Waals surface area contributed by atoms with Crippen molar-refractivity contribution in [3.05, 3.63) is 41.5 Å². The number of pyridine rings is 1. The van der Waals surface area contributed by atoms with Crippen molar-refractivity contribution in [2.75, 3.05) is 51.3 Å². The summed E-state index contributed by atoms with van der Waals surface area (Å²) in [5, 5.41) is 15.1. The van der Waals surface area contributed by atoms with E-state index < -0.39 is 23.0 Å². The Morgan fingerprint density at radius 2 is 1.78 bits per heavy atom. The van der Waals surface area contributed by atoms with E-state index in [1.165, 1.54) is 31.4 Å². The van der Waals surface area contributed by atoms with Gasteiger partial charge in [-0.3, -0.25) is 4.90 Å². The highest BCUT2D eigenvalue weighted by Gasteiger charge is 2.76. The third-order valence-corrected chi connectivity index (χ3v) is 11.1. The van der Waals surface area contributed by atoms with Gasteiger partial charge in [0.2, 0.25) is 5.88 Å². The van der Waals surface area contributed by atoms with E-state index >= 15 is 4.39 Å². The lowest BCUT2D eigenvalue weighted by molar-refractivity contribution is 0.147. The highest BCUT2D eigenvalue weighted by atomic mass is 19.2. The molecular weight excluding hydrogens is 640 g/mol. The van der Waals surface area contributed by atoms with E-state index in [0.717, 1.165) is 25.7 Å². The lowest BCUT2D eigenvalue weighted by Crippen LogP contribution is -2.51. The molecule has 4 unspecified atom stereocenters. The lowest BCUT2D eigenvalue weighted by atomic mass is 9.95. The Hall–Kier alpha value is -4.41. The fourth-order valence-electron chi connectivity index (χ4n) is 8.33. The molecule has 0 spiro atoms. The number of hydrogen-bond acceptors (Lipinski definition) is 9. The molecule has 3 saturated heterocycles. The van der Waals surface area contributed by atoms with Gasteiger partial charge in [-0.05, 0) is 49.3 Å². The summed E-state index contributed by atoms with van der Waals surface area (Å²) in [5.74, 6) is 1.10. The van der Waals surface area contributed by atoms with Crippen LogP contribution in [0.4, 0.5) is 23.4 Å². The summed E-state index contributed by atoms with van der Waals surface area (Å²) in [6, 6.07) is 5.75. The van der Waals surface area contributed by atoms with Crippen LogP contribution in [0.3, 0.4) is 0 Å². The Morgan fingerprint density at radius 1 is 1.04 bits per heavy atom. The number of ether oxygens (including phenoxy) is 2. The topological polar surface area (TPSA) is 95.9 Å². The number of terminal acetylenes is 1. The van der Waals surface area contributed by atoms with Gasteiger partial charge in [0.15, 0.2) is 17.2 Å². The van der Waals surface area contributed by atoms with Gasteiger partial charge in [-0.25, -0.2) is 22.5 Å². The molecule has 0 amide bonds. The summed E-state index contributed by atoms with van der Waals surface area (Å²) in [5.41, 5.74) is -4.20. The van der Waals surface area contributed by atoms with Crippen molar-refractivity contribution in [1.29, 1.82) is 0 Å². The maximum Gasteiger partial charge on any atom is 0.319 e. The van der Waals surface area contributed by atoms with E-state index in [1.54, 1.807) is 0 Å². The Labute approximate surface area is 279 Å². The molecule has 13 heteroatoms. The number of methoxy groups -OCH3 is 1. The number of rotatable bonds is 8. The van der Waals surface area contributed by atoms with Gasteiger partial charge >= 0.3 is 6.01 Å². The molecule has 2 saturated carbocycles. The first-order valence-corrected chi connectivity index (χ1v) is 16.6. The zero-order chi connectivity index (χ0) is 33.9. The number of piperazine rings is 1. The molecule has 49 heavy (non-hydrogen) atoms. The van der Waals surface area contributed by atoms with Gasteiger partial charge in [0.05, 0.1) is 19.3 Å². The molecule has 254 valence electrons.